The minimum absolute atomic E-state index is 0.0916. The number of carbonyl (C=O) groups is 1. The molecule has 1 aromatic carbocycles. The molecular formula is C13H16N2O3. The van der Waals surface area contributed by atoms with Crippen molar-refractivity contribution in [1.29, 1.82) is 0 Å². The first-order valence-corrected chi connectivity index (χ1v) is 6.25. The molecule has 1 atom stereocenters. The summed E-state index contributed by atoms with van der Waals surface area (Å²) in [6.45, 7) is 2.05. The highest BCUT2D eigenvalue weighted by atomic mass is 16.7. The van der Waals surface area contributed by atoms with Crippen LogP contribution >= 0.6 is 0 Å². The van der Waals surface area contributed by atoms with Crippen LogP contribution in [0.25, 0.3) is 0 Å². The third-order valence-electron chi connectivity index (χ3n) is 3.27. The van der Waals surface area contributed by atoms with Gasteiger partial charge in [-0.3, -0.25) is 4.79 Å². The van der Waals surface area contributed by atoms with E-state index in [2.05, 4.69) is 10.6 Å². The maximum absolute atomic E-state index is 12.2. The number of fused-ring (bicyclic) bond motifs is 1. The summed E-state index contributed by atoms with van der Waals surface area (Å²) < 4.78 is 10.6. The van der Waals surface area contributed by atoms with E-state index in [1.54, 1.807) is 12.1 Å². The van der Waals surface area contributed by atoms with Crippen molar-refractivity contribution < 1.29 is 14.3 Å². The molecule has 5 nitrogen and oxygen atoms in total. The molecule has 0 saturated carbocycles. The lowest BCUT2D eigenvalue weighted by Gasteiger charge is -2.23. The summed E-state index contributed by atoms with van der Waals surface area (Å²) in [6.07, 6.45) is 2.11. The van der Waals surface area contributed by atoms with Crippen molar-refractivity contribution in [2.24, 2.45) is 0 Å². The van der Waals surface area contributed by atoms with Gasteiger partial charge in [0.15, 0.2) is 11.5 Å². The topological polar surface area (TPSA) is 59.6 Å². The summed E-state index contributed by atoms with van der Waals surface area (Å²) in [6, 6.07) is 5.58. The summed E-state index contributed by atoms with van der Waals surface area (Å²) in [5.41, 5.74) is 0.551. The number of amides is 1. The number of piperidine rings is 1. The maximum atomic E-state index is 12.2. The standard InChI is InChI=1S/C13H16N2O3/c16-13(15-9-3-2-6-14-7-9)10-4-1-5-11-12(10)18-8-17-11/h1,4-5,9,14H,2-3,6-8H2,(H,15,16)/t9-/m0/s1. The SMILES string of the molecule is O=C(N[C@H]1CCCNC1)c1cccc2c1OCO2. The van der Waals surface area contributed by atoms with Crippen LogP contribution in [0.2, 0.25) is 0 Å². The van der Waals surface area contributed by atoms with Gasteiger partial charge in [0.05, 0.1) is 5.56 Å². The molecule has 1 aromatic rings. The molecule has 5 heteroatoms. The van der Waals surface area contributed by atoms with Gasteiger partial charge >= 0.3 is 0 Å². The molecule has 2 aliphatic heterocycles. The van der Waals surface area contributed by atoms with Gasteiger partial charge in [-0.1, -0.05) is 6.07 Å². The molecule has 18 heavy (non-hydrogen) atoms. The largest absolute Gasteiger partial charge is 0.454 e. The zero-order valence-corrected chi connectivity index (χ0v) is 10.1. The second-order valence-electron chi connectivity index (χ2n) is 4.56. The van der Waals surface area contributed by atoms with E-state index < -0.39 is 0 Å². The summed E-state index contributed by atoms with van der Waals surface area (Å²) >= 11 is 0. The Labute approximate surface area is 105 Å². The van der Waals surface area contributed by atoms with Gasteiger partial charge in [-0.05, 0) is 31.5 Å². The lowest BCUT2D eigenvalue weighted by molar-refractivity contribution is 0.0926. The maximum Gasteiger partial charge on any atom is 0.255 e. The number of benzene rings is 1. The fourth-order valence-electron chi connectivity index (χ4n) is 2.35. The highest BCUT2D eigenvalue weighted by molar-refractivity contribution is 5.98. The number of carbonyl (C=O) groups excluding carboxylic acids is 1. The van der Waals surface area contributed by atoms with Gasteiger partial charge in [0, 0.05) is 12.6 Å². The van der Waals surface area contributed by atoms with E-state index in [-0.39, 0.29) is 18.7 Å². The average molecular weight is 248 g/mol. The molecule has 0 aliphatic carbocycles. The van der Waals surface area contributed by atoms with E-state index in [1.807, 2.05) is 6.07 Å². The summed E-state index contributed by atoms with van der Waals surface area (Å²) in [5, 5.41) is 6.30. The molecule has 1 fully saturated rings. The van der Waals surface area contributed by atoms with Crippen LogP contribution in [0, 0.1) is 0 Å². The van der Waals surface area contributed by atoms with Crippen LogP contribution < -0.4 is 20.1 Å². The third-order valence-corrected chi connectivity index (χ3v) is 3.27. The predicted octanol–water partition coefficient (Wildman–Crippen LogP) is 0.897. The number of ether oxygens (including phenoxy) is 2. The van der Waals surface area contributed by atoms with Gasteiger partial charge in [0.25, 0.3) is 5.91 Å². The summed E-state index contributed by atoms with van der Waals surface area (Å²) in [7, 11) is 0. The fraction of sp³-hybridized carbons (Fsp3) is 0.462. The Morgan fingerprint density at radius 2 is 2.33 bits per heavy atom. The Hall–Kier alpha value is -1.75. The van der Waals surface area contributed by atoms with Gasteiger partial charge in [-0.2, -0.15) is 0 Å². The van der Waals surface area contributed by atoms with Gasteiger partial charge in [-0.25, -0.2) is 0 Å². The van der Waals surface area contributed by atoms with Crippen molar-refractivity contribution in [1.82, 2.24) is 10.6 Å². The molecular weight excluding hydrogens is 232 g/mol. The second kappa shape index (κ2) is 4.86. The lowest BCUT2D eigenvalue weighted by Crippen LogP contribution is -2.45. The van der Waals surface area contributed by atoms with E-state index in [1.165, 1.54) is 0 Å². The van der Waals surface area contributed by atoms with Gasteiger partial charge in [-0.15, -0.1) is 0 Å². The highest BCUT2D eigenvalue weighted by Crippen LogP contribution is 2.35. The molecule has 0 radical (unpaired) electrons. The van der Waals surface area contributed by atoms with Crippen molar-refractivity contribution in [2.45, 2.75) is 18.9 Å². The molecule has 2 N–H and O–H groups in total. The van der Waals surface area contributed by atoms with Gasteiger partial charge < -0.3 is 20.1 Å². The fourth-order valence-corrected chi connectivity index (χ4v) is 2.35. The smallest absolute Gasteiger partial charge is 0.255 e. The van der Waals surface area contributed by atoms with E-state index in [9.17, 15) is 4.79 Å². The first-order valence-electron chi connectivity index (χ1n) is 6.25. The lowest BCUT2D eigenvalue weighted by atomic mass is 10.1. The number of rotatable bonds is 2. The van der Waals surface area contributed by atoms with Crippen LogP contribution in [-0.4, -0.2) is 31.8 Å². The number of para-hydroxylation sites is 1. The minimum Gasteiger partial charge on any atom is -0.454 e. The van der Waals surface area contributed by atoms with Crippen LogP contribution in [0.5, 0.6) is 11.5 Å². The quantitative estimate of drug-likeness (QED) is 0.816. The van der Waals surface area contributed by atoms with Crippen molar-refractivity contribution in [3.8, 4) is 11.5 Å². The zero-order chi connectivity index (χ0) is 12.4. The Balaban J connectivity index is 1.74. The number of nitrogens with one attached hydrogen (secondary N) is 2. The molecule has 0 bridgehead atoms. The Kier molecular flexibility index (Phi) is 3.06. The molecule has 2 heterocycles. The van der Waals surface area contributed by atoms with Crippen LogP contribution in [-0.2, 0) is 0 Å². The number of hydrogen-bond acceptors (Lipinski definition) is 4. The Bertz CT molecular complexity index is 456. The van der Waals surface area contributed by atoms with Crippen LogP contribution in [0.4, 0.5) is 0 Å². The first-order chi connectivity index (χ1) is 8.84. The van der Waals surface area contributed by atoms with E-state index in [0.29, 0.717) is 17.1 Å². The molecule has 0 unspecified atom stereocenters. The highest BCUT2D eigenvalue weighted by Gasteiger charge is 2.23. The normalized spacial score (nSPS) is 21.7. The van der Waals surface area contributed by atoms with Crippen molar-refractivity contribution >= 4 is 5.91 Å². The average Bonchev–Trinajstić information content (AvgIpc) is 2.87. The van der Waals surface area contributed by atoms with E-state index >= 15 is 0 Å². The molecule has 3 rings (SSSR count). The molecule has 0 aromatic heterocycles. The van der Waals surface area contributed by atoms with Crippen LogP contribution in [0.1, 0.15) is 23.2 Å². The summed E-state index contributed by atoms with van der Waals surface area (Å²) in [5.74, 6) is 1.11. The van der Waals surface area contributed by atoms with E-state index in [4.69, 9.17) is 9.47 Å². The first kappa shape index (κ1) is 11.3. The number of hydrogen-bond donors (Lipinski definition) is 2. The molecule has 1 saturated heterocycles. The molecule has 96 valence electrons. The zero-order valence-electron chi connectivity index (χ0n) is 10.1. The van der Waals surface area contributed by atoms with Crippen molar-refractivity contribution in [3.63, 3.8) is 0 Å². The monoisotopic (exact) mass is 248 g/mol. The summed E-state index contributed by atoms with van der Waals surface area (Å²) in [4.78, 5) is 12.2. The Morgan fingerprint density at radius 1 is 1.39 bits per heavy atom. The van der Waals surface area contributed by atoms with E-state index in [0.717, 1.165) is 25.9 Å². The Morgan fingerprint density at radius 3 is 3.17 bits per heavy atom. The molecule has 0 spiro atoms. The second-order valence-corrected chi connectivity index (χ2v) is 4.56. The van der Waals surface area contributed by atoms with Crippen molar-refractivity contribution in [2.75, 3.05) is 19.9 Å². The van der Waals surface area contributed by atoms with Crippen LogP contribution in [0.15, 0.2) is 18.2 Å². The minimum atomic E-state index is -0.0916. The van der Waals surface area contributed by atoms with Gasteiger partial charge in [0.1, 0.15) is 0 Å². The predicted molar refractivity (Wildman–Crippen MR) is 65.9 cm³/mol. The van der Waals surface area contributed by atoms with Gasteiger partial charge in [0.2, 0.25) is 6.79 Å². The third kappa shape index (κ3) is 2.13. The molecule has 2 aliphatic rings. The molecule has 1 amide bonds. The van der Waals surface area contributed by atoms with Crippen LogP contribution in [0.3, 0.4) is 0 Å². The van der Waals surface area contributed by atoms with Crippen molar-refractivity contribution in [3.05, 3.63) is 23.8 Å².